The summed E-state index contributed by atoms with van der Waals surface area (Å²) in [6.45, 7) is 11.4. The zero-order chi connectivity index (χ0) is 29.2. The van der Waals surface area contributed by atoms with E-state index in [2.05, 4.69) is 21.6 Å². The quantitative estimate of drug-likeness (QED) is 0.256. The van der Waals surface area contributed by atoms with Gasteiger partial charge in [0.1, 0.15) is 5.71 Å². The van der Waals surface area contributed by atoms with Gasteiger partial charge in [0.25, 0.3) is 0 Å². The molecule has 0 N–H and O–H groups in total. The molecule has 206 valence electrons. The zero-order valence-electron chi connectivity index (χ0n) is 23.1. The standard InChI is InChI=1S/C31H26F5N4.H/c1-6-20-10-12-23(25(16-20)31(34,35)36)22-13-11-21(40(5)19(22)3)14-18(2)15-27-28(17-37-4)39-30(38-27)24-8-7-9-26(32)29(24)33;/h1,6-13,15-18H,3,14H2,2,4-5H3;/b6-1?,27-15+,37-17?;. The second kappa shape index (κ2) is 11.4. The van der Waals surface area contributed by atoms with Crippen molar-refractivity contribution in [2.45, 2.75) is 19.5 Å². The third-order valence-corrected chi connectivity index (χ3v) is 6.55. The second-order valence-electron chi connectivity index (χ2n) is 9.37. The summed E-state index contributed by atoms with van der Waals surface area (Å²) < 4.78 is 69.6. The van der Waals surface area contributed by atoms with Crippen molar-refractivity contribution in [3.63, 3.8) is 0 Å². The van der Waals surface area contributed by atoms with Crippen LogP contribution in [0.25, 0.3) is 11.6 Å². The number of amidine groups is 1. The number of aliphatic imine (C=N–C) groups is 3. The Kier molecular flexibility index (Phi) is 8.13. The Labute approximate surface area is 231 Å². The number of nitrogens with zero attached hydrogens (tertiary/aromatic N) is 4. The molecule has 0 aliphatic carbocycles. The number of likely N-dealkylation sites (N-methyl/N-ethyl adjacent to an activating group) is 1. The third kappa shape index (κ3) is 5.78. The van der Waals surface area contributed by atoms with Gasteiger partial charge < -0.3 is 4.90 Å². The molecule has 0 aromatic heterocycles. The SMILES string of the molecule is [CH]=Cc1ccc(C2=CC=C(CC(C)/C=C3/N=C(c4cccc(F)c4F)N=C3C=NC)N(C)C2=C)c(C(F)(F)F)c1.[H]. The molecule has 1 unspecified atom stereocenters. The van der Waals surface area contributed by atoms with E-state index in [1.54, 1.807) is 31.1 Å². The molecule has 2 radical (unpaired) electrons. The molecule has 2 aromatic rings. The topological polar surface area (TPSA) is 40.3 Å². The summed E-state index contributed by atoms with van der Waals surface area (Å²) in [6.07, 6.45) is 3.75. The molecule has 0 bridgehead atoms. The molecule has 2 aliphatic heterocycles. The molecular formula is C31H27F5N4. The van der Waals surface area contributed by atoms with E-state index in [4.69, 9.17) is 6.58 Å². The van der Waals surface area contributed by atoms with E-state index in [0.717, 1.165) is 23.9 Å². The van der Waals surface area contributed by atoms with Crippen LogP contribution in [-0.2, 0) is 6.18 Å². The number of halogens is 5. The lowest BCUT2D eigenvalue weighted by molar-refractivity contribution is -0.137. The zero-order valence-corrected chi connectivity index (χ0v) is 22.1. The summed E-state index contributed by atoms with van der Waals surface area (Å²) in [7, 11) is 3.30. The van der Waals surface area contributed by atoms with Crippen LogP contribution in [0.2, 0.25) is 0 Å². The van der Waals surface area contributed by atoms with Gasteiger partial charge in [-0.2, -0.15) is 13.2 Å². The number of hydrogen-bond donors (Lipinski definition) is 0. The highest BCUT2D eigenvalue weighted by Gasteiger charge is 2.35. The van der Waals surface area contributed by atoms with Crippen LogP contribution in [0.1, 0.15) is 37.0 Å². The molecule has 9 heteroatoms. The van der Waals surface area contributed by atoms with E-state index in [0.29, 0.717) is 29.1 Å². The number of hydrogen-bond acceptors (Lipinski definition) is 4. The lowest BCUT2D eigenvalue weighted by Gasteiger charge is -2.31. The van der Waals surface area contributed by atoms with E-state index >= 15 is 0 Å². The van der Waals surface area contributed by atoms with E-state index in [9.17, 15) is 22.0 Å². The Morgan fingerprint density at radius 1 is 1.12 bits per heavy atom. The van der Waals surface area contributed by atoms with Crippen LogP contribution in [0, 0.1) is 24.1 Å². The van der Waals surface area contributed by atoms with Gasteiger partial charge in [0, 0.05) is 38.7 Å². The van der Waals surface area contributed by atoms with E-state index in [-0.39, 0.29) is 29.9 Å². The van der Waals surface area contributed by atoms with Gasteiger partial charge in [-0.25, -0.2) is 18.8 Å². The van der Waals surface area contributed by atoms with Gasteiger partial charge >= 0.3 is 6.18 Å². The van der Waals surface area contributed by atoms with Crippen molar-refractivity contribution in [3.8, 4) is 0 Å². The highest BCUT2D eigenvalue weighted by molar-refractivity contribution is 6.42. The molecule has 0 saturated carbocycles. The molecule has 2 aromatic carbocycles. The summed E-state index contributed by atoms with van der Waals surface area (Å²) in [5, 5.41) is 0. The molecule has 2 aliphatic rings. The molecule has 0 amide bonds. The Hall–Kier alpha value is -4.40. The summed E-state index contributed by atoms with van der Waals surface area (Å²) in [6, 6.07) is 7.74. The van der Waals surface area contributed by atoms with Gasteiger partial charge in [0.2, 0.25) is 0 Å². The van der Waals surface area contributed by atoms with Gasteiger partial charge in [-0.3, -0.25) is 4.99 Å². The Morgan fingerprint density at radius 3 is 2.55 bits per heavy atom. The summed E-state index contributed by atoms with van der Waals surface area (Å²) in [5.74, 6) is -2.11. The minimum atomic E-state index is -4.57. The van der Waals surface area contributed by atoms with Crippen LogP contribution in [0.15, 0.2) is 93.3 Å². The maximum absolute atomic E-state index is 14.4. The van der Waals surface area contributed by atoms with Crippen LogP contribution in [-0.4, -0.2) is 36.8 Å². The van der Waals surface area contributed by atoms with Gasteiger partial charge in [-0.15, -0.1) is 0 Å². The average Bonchev–Trinajstić information content (AvgIpc) is 3.29. The van der Waals surface area contributed by atoms with Crippen molar-refractivity contribution in [2.75, 3.05) is 14.1 Å². The fourth-order valence-electron chi connectivity index (χ4n) is 4.49. The first-order chi connectivity index (χ1) is 18.9. The van der Waals surface area contributed by atoms with E-state index in [1.165, 1.54) is 30.5 Å². The lowest BCUT2D eigenvalue weighted by atomic mass is 9.91. The monoisotopic (exact) mass is 550 g/mol. The fourth-order valence-corrected chi connectivity index (χ4v) is 4.49. The molecule has 0 spiro atoms. The molecule has 40 heavy (non-hydrogen) atoms. The van der Waals surface area contributed by atoms with Crippen LogP contribution in [0.5, 0.6) is 0 Å². The average molecular weight is 551 g/mol. The molecule has 0 fully saturated rings. The molecule has 0 saturated heterocycles. The van der Waals surface area contributed by atoms with Crippen molar-refractivity contribution in [1.29, 1.82) is 0 Å². The van der Waals surface area contributed by atoms with Gasteiger partial charge in [-0.05, 0) is 47.7 Å². The van der Waals surface area contributed by atoms with Crippen LogP contribution < -0.4 is 0 Å². The maximum atomic E-state index is 14.4. The van der Waals surface area contributed by atoms with Crippen LogP contribution in [0.3, 0.4) is 0 Å². The maximum Gasteiger partial charge on any atom is 0.417 e. The molecule has 2 heterocycles. The van der Waals surface area contributed by atoms with E-state index < -0.39 is 23.4 Å². The van der Waals surface area contributed by atoms with Crippen molar-refractivity contribution in [3.05, 3.63) is 119 Å². The molecular weight excluding hydrogens is 523 g/mol. The van der Waals surface area contributed by atoms with Gasteiger partial charge in [0.15, 0.2) is 17.5 Å². The van der Waals surface area contributed by atoms with Gasteiger partial charge in [-0.1, -0.05) is 56.5 Å². The summed E-state index contributed by atoms with van der Waals surface area (Å²) >= 11 is 0. The lowest BCUT2D eigenvalue weighted by Crippen LogP contribution is -2.22. The first-order valence-electron chi connectivity index (χ1n) is 12.3. The van der Waals surface area contributed by atoms with Crippen molar-refractivity contribution in [2.24, 2.45) is 20.9 Å². The minimum absolute atomic E-state index is 0. The number of benzene rings is 2. The second-order valence-corrected chi connectivity index (χ2v) is 9.37. The summed E-state index contributed by atoms with van der Waals surface area (Å²) in [4.78, 5) is 14.5. The minimum Gasteiger partial charge on any atom is -0.348 e. The first-order valence-corrected chi connectivity index (χ1v) is 12.3. The normalized spacial score (nSPS) is 17.6. The Balaban J connectivity index is 0.00000462. The number of alkyl halides is 3. The largest absolute Gasteiger partial charge is 0.417 e. The van der Waals surface area contributed by atoms with Crippen LogP contribution >= 0.6 is 0 Å². The Morgan fingerprint density at radius 2 is 1.88 bits per heavy atom. The van der Waals surface area contributed by atoms with E-state index in [1.807, 2.05) is 13.0 Å². The highest BCUT2D eigenvalue weighted by atomic mass is 19.4. The predicted octanol–water partition coefficient (Wildman–Crippen LogP) is 7.78. The van der Waals surface area contributed by atoms with Gasteiger partial charge in [0.05, 0.1) is 16.8 Å². The molecule has 1 atom stereocenters. The van der Waals surface area contributed by atoms with Crippen LogP contribution in [0.4, 0.5) is 22.0 Å². The smallest absolute Gasteiger partial charge is 0.348 e. The molecule has 4 nitrogen and oxygen atoms in total. The predicted molar refractivity (Wildman–Crippen MR) is 151 cm³/mol. The number of rotatable bonds is 7. The molecule has 4 rings (SSSR count). The first kappa shape index (κ1) is 28.6. The van der Waals surface area contributed by atoms with Crippen molar-refractivity contribution in [1.82, 2.24) is 4.90 Å². The van der Waals surface area contributed by atoms with Crippen molar-refractivity contribution < 1.29 is 23.4 Å². The summed E-state index contributed by atoms with van der Waals surface area (Å²) in [5.41, 5.74) is 1.87. The fraction of sp³-hybridized carbons (Fsp3) is 0.194. The Bertz CT molecular complexity index is 1560. The highest BCUT2D eigenvalue weighted by Crippen LogP contribution is 2.40. The van der Waals surface area contributed by atoms with Crippen molar-refractivity contribution >= 4 is 29.4 Å². The number of allylic oxidation sites excluding steroid dienone is 6. The third-order valence-electron chi connectivity index (χ3n) is 6.55.